The molecule has 5 rings (SSSR count). The predicted molar refractivity (Wildman–Crippen MR) is 127 cm³/mol. The lowest BCUT2D eigenvalue weighted by atomic mass is 9.98. The molecule has 7 nitrogen and oxygen atoms in total. The van der Waals surface area contributed by atoms with Crippen LogP contribution in [-0.2, 0) is 6.42 Å². The highest BCUT2D eigenvalue weighted by atomic mass is 32.1. The van der Waals surface area contributed by atoms with Crippen LogP contribution in [0.1, 0.15) is 58.6 Å². The summed E-state index contributed by atoms with van der Waals surface area (Å²) in [5.74, 6) is 0.405. The van der Waals surface area contributed by atoms with Crippen LogP contribution in [0.4, 0.5) is 5.13 Å². The molecule has 0 fully saturated rings. The molecule has 1 aliphatic rings. The molecule has 168 valence electrons. The number of nitrogens with zero attached hydrogens (tertiary/aromatic N) is 3. The number of carbonyl (C=O) groups excluding carboxylic acids is 1. The second kappa shape index (κ2) is 8.44. The van der Waals surface area contributed by atoms with Crippen LogP contribution in [0.3, 0.4) is 0 Å². The summed E-state index contributed by atoms with van der Waals surface area (Å²) in [5, 5.41) is 10.2. The summed E-state index contributed by atoms with van der Waals surface area (Å²) in [5.41, 5.74) is 2.24. The van der Waals surface area contributed by atoms with Crippen LogP contribution in [0, 0.1) is 6.92 Å². The first-order valence-corrected chi connectivity index (χ1v) is 11.8. The fourth-order valence-corrected chi connectivity index (χ4v) is 4.86. The fraction of sp³-hybridized carbons (Fsp3) is 0.280. The van der Waals surface area contributed by atoms with Gasteiger partial charge in [0.2, 0.25) is 10.9 Å². The first-order chi connectivity index (χ1) is 16.0. The van der Waals surface area contributed by atoms with Crippen molar-refractivity contribution in [3.63, 3.8) is 0 Å². The molecule has 2 aromatic carbocycles. The number of aromatic nitrogens is 2. The third-order valence-electron chi connectivity index (χ3n) is 5.66. The van der Waals surface area contributed by atoms with E-state index in [2.05, 4.69) is 10.2 Å². The Morgan fingerprint density at radius 3 is 2.58 bits per heavy atom. The van der Waals surface area contributed by atoms with Gasteiger partial charge in [-0.1, -0.05) is 48.9 Å². The van der Waals surface area contributed by atoms with Crippen molar-refractivity contribution in [2.45, 2.75) is 39.7 Å². The minimum atomic E-state index is -0.661. The average molecular weight is 462 g/mol. The van der Waals surface area contributed by atoms with E-state index in [1.807, 2.05) is 51.1 Å². The minimum Gasteiger partial charge on any atom is -0.494 e. The number of amides is 1. The number of rotatable bonds is 6. The number of aryl methyl sites for hydroxylation is 2. The van der Waals surface area contributed by atoms with Crippen molar-refractivity contribution in [2.24, 2.45) is 0 Å². The van der Waals surface area contributed by atoms with Gasteiger partial charge in [0.05, 0.1) is 23.6 Å². The molecule has 0 spiro atoms. The second-order valence-corrected chi connectivity index (χ2v) is 9.04. The Hall–Kier alpha value is -3.52. The molecule has 1 amide bonds. The van der Waals surface area contributed by atoms with E-state index >= 15 is 0 Å². The van der Waals surface area contributed by atoms with Crippen molar-refractivity contribution < 1.29 is 13.9 Å². The topological polar surface area (TPSA) is 85.5 Å². The van der Waals surface area contributed by atoms with E-state index < -0.39 is 6.04 Å². The zero-order valence-corrected chi connectivity index (χ0v) is 19.4. The summed E-state index contributed by atoms with van der Waals surface area (Å²) in [4.78, 5) is 28.7. The van der Waals surface area contributed by atoms with Crippen molar-refractivity contribution >= 4 is 33.3 Å². The van der Waals surface area contributed by atoms with E-state index in [4.69, 9.17) is 9.15 Å². The Bertz CT molecular complexity index is 1410. The SMILES string of the molecule is CCCOc1ccc([C@H]2c3c(oc4ccc(C)cc4c3=O)C(=O)N2c2nnc(CC)s2)cc1. The summed E-state index contributed by atoms with van der Waals surface area (Å²) in [6.45, 7) is 6.57. The monoisotopic (exact) mass is 461 g/mol. The Morgan fingerprint density at radius 1 is 1.09 bits per heavy atom. The first kappa shape index (κ1) is 21.3. The van der Waals surface area contributed by atoms with Crippen molar-refractivity contribution in [3.05, 3.63) is 80.1 Å². The Morgan fingerprint density at radius 2 is 1.88 bits per heavy atom. The normalized spacial score (nSPS) is 15.3. The molecule has 4 aromatic rings. The molecule has 8 heteroatoms. The lowest BCUT2D eigenvalue weighted by Gasteiger charge is -2.22. The molecule has 2 aromatic heterocycles. The highest BCUT2D eigenvalue weighted by molar-refractivity contribution is 7.15. The summed E-state index contributed by atoms with van der Waals surface area (Å²) < 4.78 is 11.7. The molecule has 0 radical (unpaired) electrons. The molecule has 0 bridgehead atoms. The Kier molecular flexibility index (Phi) is 5.46. The quantitative estimate of drug-likeness (QED) is 0.399. The molecule has 1 aliphatic heterocycles. The van der Waals surface area contributed by atoms with Gasteiger partial charge in [-0.3, -0.25) is 14.5 Å². The van der Waals surface area contributed by atoms with Gasteiger partial charge in [-0.2, -0.15) is 0 Å². The van der Waals surface area contributed by atoms with E-state index in [1.54, 1.807) is 12.1 Å². The number of fused-ring (bicyclic) bond motifs is 2. The molecule has 33 heavy (non-hydrogen) atoms. The number of carbonyl (C=O) groups is 1. The van der Waals surface area contributed by atoms with Gasteiger partial charge in [0.15, 0.2) is 5.43 Å². The standard InChI is InChI=1S/C25H23N3O4S/c1-4-12-31-16-9-7-15(8-10-16)21-20-22(29)17-13-14(3)6-11-18(17)32-23(20)24(30)28(21)25-27-26-19(5-2)33-25/h6-11,13,21H,4-5,12H2,1-3H3/t21-/m0/s1. The molecule has 0 saturated carbocycles. The largest absolute Gasteiger partial charge is 0.494 e. The maximum Gasteiger partial charge on any atom is 0.297 e. The highest BCUT2D eigenvalue weighted by Gasteiger charge is 2.45. The maximum atomic E-state index is 13.7. The lowest BCUT2D eigenvalue weighted by Crippen LogP contribution is -2.29. The summed E-state index contributed by atoms with van der Waals surface area (Å²) in [6.07, 6.45) is 1.62. The molecule has 3 heterocycles. The molecule has 1 atom stereocenters. The smallest absolute Gasteiger partial charge is 0.297 e. The van der Waals surface area contributed by atoms with Crippen LogP contribution >= 0.6 is 11.3 Å². The number of benzene rings is 2. The predicted octanol–water partition coefficient (Wildman–Crippen LogP) is 5.05. The van der Waals surface area contributed by atoms with Crippen molar-refractivity contribution in [2.75, 3.05) is 11.5 Å². The number of ether oxygens (including phenoxy) is 1. The van der Waals surface area contributed by atoms with Crippen LogP contribution in [0.2, 0.25) is 0 Å². The van der Waals surface area contributed by atoms with Gasteiger partial charge in [0.25, 0.3) is 5.91 Å². The highest BCUT2D eigenvalue weighted by Crippen LogP contribution is 2.42. The van der Waals surface area contributed by atoms with Gasteiger partial charge in [0, 0.05) is 0 Å². The van der Waals surface area contributed by atoms with Crippen LogP contribution in [-0.4, -0.2) is 22.7 Å². The van der Waals surface area contributed by atoms with Crippen LogP contribution in [0.25, 0.3) is 11.0 Å². The van der Waals surface area contributed by atoms with Gasteiger partial charge in [-0.05, 0) is 49.6 Å². The van der Waals surface area contributed by atoms with Gasteiger partial charge in [-0.15, -0.1) is 10.2 Å². The van der Waals surface area contributed by atoms with Crippen molar-refractivity contribution in [1.29, 1.82) is 0 Å². The Balaban J connectivity index is 1.71. The molecule has 0 aliphatic carbocycles. The van der Waals surface area contributed by atoms with E-state index in [-0.39, 0.29) is 17.1 Å². The van der Waals surface area contributed by atoms with E-state index in [0.717, 1.165) is 28.3 Å². The number of hydrogen-bond donors (Lipinski definition) is 0. The van der Waals surface area contributed by atoms with Gasteiger partial charge in [-0.25, -0.2) is 0 Å². The Labute approximate surface area is 194 Å². The maximum absolute atomic E-state index is 13.7. The number of hydrogen-bond acceptors (Lipinski definition) is 7. The second-order valence-electron chi connectivity index (χ2n) is 8.00. The summed E-state index contributed by atoms with van der Waals surface area (Å²) in [6, 6.07) is 12.2. The van der Waals surface area contributed by atoms with Gasteiger partial charge in [0.1, 0.15) is 16.3 Å². The lowest BCUT2D eigenvalue weighted by molar-refractivity contribution is 0.0970. The first-order valence-electron chi connectivity index (χ1n) is 11.0. The fourth-order valence-electron chi connectivity index (χ4n) is 4.05. The third kappa shape index (κ3) is 3.60. The van der Waals surface area contributed by atoms with E-state index in [0.29, 0.717) is 34.7 Å². The molecular weight excluding hydrogens is 438 g/mol. The van der Waals surface area contributed by atoms with Crippen LogP contribution in [0.15, 0.2) is 51.7 Å². The molecule has 0 saturated heterocycles. The van der Waals surface area contributed by atoms with Crippen molar-refractivity contribution in [1.82, 2.24) is 10.2 Å². The van der Waals surface area contributed by atoms with Crippen LogP contribution in [0.5, 0.6) is 5.75 Å². The average Bonchev–Trinajstić information content (AvgIpc) is 3.41. The van der Waals surface area contributed by atoms with E-state index in [9.17, 15) is 9.59 Å². The zero-order chi connectivity index (χ0) is 23.1. The van der Waals surface area contributed by atoms with Crippen molar-refractivity contribution in [3.8, 4) is 5.75 Å². The molecular formula is C25H23N3O4S. The van der Waals surface area contributed by atoms with Crippen LogP contribution < -0.4 is 15.1 Å². The molecule has 0 N–H and O–H groups in total. The zero-order valence-electron chi connectivity index (χ0n) is 18.6. The van der Waals surface area contributed by atoms with Gasteiger partial charge >= 0.3 is 0 Å². The number of anilines is 1. The van der Waals surface area contributed by atoms with Gasteiger partial charge < -0.3 is 9.15 Å². The summed E-state index contributed by atoms with van der Waals surface area (Å²) in [7, 11) is 0. The molecule has 0 unspecified atom stereocenters. The minimum absolute atomic E-state index is 0.0564. The summed E-state index contributed by atoms with van der Waals surface area (Å²) >= 11 is 1.34. The third-order valence-corrected chi connectivity index (χ3v) is 6.73. The van der Waals surface area contributed by atoms with E-state index in [1.165, 1.54) is 16.2 Å².